The van der Waals surface area contributed by atoms with Crippen LogP contribution in [0.1, 0.15) is 54.8 Å². The van der Waals surface area contributed by atoms with E-state index in [0.717, 1.165) is 28.9 Å². The molecule has 3 rings (SSSR count). The number of rotatable bonds is 3. The molecule has 1 aliphatic carbocycles. The Kier molecular flexibility index (Phi) is 3.88. The maximum atomic E-state index is 12.4. The van der Waals surface area contributed by atoms with Crippen LogP contribution in [0.5, 0.6) is 0 Å². The van der Waals surface area contributed by atoms with Crippen LogP contribution < -0.4 is 0 Å². The Balaban J connectivity index is 2.19. The highest BCUT2D eigenvalue weighted by Gasteiger charge is 2.48. The fourth-order valence-corrected chi connectivity index (χ4v) is 4.00. The van der Waals surface area contributed by atoms with Crippen molar-refractivity contribution in [2.75, 3.05) is 0 Å². The largest absolute Gasteiger partial charge is 0.389 e. The second kappa shape index (κ2) is 5.60. The van der Waals surface area contributed by atoms with Crippen LogP contribution in [0.25, 0.3) is 0 Å². The lowest BCUT2D eigenvalue weighted by atomic mass is 9.64. The number of aliphatic hydroxyl groups is 1. The van der Waals surface area contributed by atoms with Gasteiger partial charge in [0, 0.05) is 23.6 Å². The molecular weight excluding hydrogens is 288 g/mol. The molecule has 0 saturated carbocycles. The molecule has 0 amide bonds. The average molecular weight is 312 g/mol. The molecule has 1 aromatic carbocycles. The van der Waals surface area contributed by atoms with Gasteiger partial charge in [-0.25, -0.2) is 0 Å². The molecule has 1 aromatic heterocycles. The maximum Gasteiger partial charge on any atom is 0.136 e. The van der Waals surface area contributed by atoms with E-state index < -0.39 is 11.5 Å². The first-order valence-corrected chi connectivity index (χ1v) is 8.20. The first kappa shape index (κ1) is 15.9. The molecule has 4 nitrogen and oxygen atoms in total. The van der Waals surface area contributed by atoms with Gasteiger partial charge in [0.15, 0.2) is 0 Å². The van der Waals surface area contributed by atoms with E-state index in [-0.39, 0.29) is 11.7 Å². The molecule has 0 radical (unpaired) electrons. The summed E-state index contributed by atoms with van der Waals surface area (Å²) in [6.45, 7) is 7.43. The second-order valence-corrected chi connectivity index (χ2v) is 6.90. The molecule has 0 aliphatic heterocycles. The predicted molar refractivity (Wildman–Crippen MR) is 89.5 cm³/mol. The highest BCUT2D eigenvalue weighted by molar-refractivity contribution is 5.82. The van der Waals surface area contributed by atoms with Gasteiger partial charge in [0.1, 0.15) is 5.78 Å². The number of ketones is 1. The van der Waals surface area contributed by atoms with E-state index in [2.05, 4.69) is 41.4 Å². The zero-order chi connectivity index (χ0) is 16.8. The van der Waals surface area contributed by atoms with Crippen molar-refractivity contribution >= 4 is 5.78 Å². The fraction of sp³-hybridized carbons (Fsp3) is 0.474. The van der Waals surface area contributed by atoms with E-state index in [4.69, 9.17) is 0 Å². The molecule has 1 aliphatic rings. The van der Waals surface area contributed by atoms with Gasteiger partial charge in [-0.1, -0.05) is 31.2 Å². The third-order valence-electron chi connectivity index (χ3n) is 5.10. The number of aromatic nitrogens is 2. The minimum Gasteiger partial charge on any atom is -0.389 e. The van der Waals surface area contributed by atoms with Crippen molar-refractivity contribution in [1.29, 1.82) is 0 Å². The Morgan fingerprint density at radius 1 is 1.39 bits per heavy atom. The molecule has 0 spiro atoms. The molecule has 0 unspecified atom stereocenters. The van der Waals surface area contributed by atoms with Crippen molar-refractivity contribution in [3.8, 4) is 0 Å². The highest BCUT2D eigenvalue weighted by atomic mass is 16.3. The van der Waals surface area contributed by atoms with Gasteiger partial charge < -0.3 is 5.11 Å². The number of nitrogens with zero attached hydrogens (tertiary/aromatic N) is 1. The number of hydrogen-bond donors (Lipinski definition) is 2. The van der Waals surface area contributed by atoms with Crippen LogP contribution >= 0.6 is 0 Å². The molecule has 23 heavy (non-hydrogen) atoms. The molecule has 4 heteroatoms. The van der Waals surface area contributed by atoms with Crippen LogP contribution in [0.4, 0.5) is 0 Å². The minimum absolute atomic E-state index is 0.0193. The Morgan fingerprint density at radius 3 is 2.61 bits per heavy atom. The topological polar surface area (TPSA) is 66.0 Å². The molecule has 1 heterocycles. The van der Waals surface area contributed by atoms with E-state index in [0.29, 0.717) is 6.42 Å². The lowest BCUT2D eigenvalue weighted by Crippen LogP contribution is -2.48. The summed E-state index contributed by atoms with van der Waals surface area (Å²) in [4.78, 5) is 12.4. The summed E-state index contributed by atoms with van der Waals surface area (Å²) in [5.74, 6) is -0.597. The number of nitrogens with one attached hydrogen (secondary N) is 1. The number of aryl methyl sites for hydroxylation is 2. The van der Waals surface area contributed by atoms with Gasteiger partial charge in [0.25, 0.3) is 0 Å². The summed E-state index contributed by atoms with van der Waals surface area (Å²) in [6, 6.07) is 8.37. The third-order valence-corrected chi connectivity index (χ3v) is 5.10. The molecule has 2 aromatic rings. The summed E-state index contributed by atoms with van der Waals surface area (Å²) >= 11 is 0. The van der Waals surface area contributed by atoms with Crippen LogP contribution in [0.15, 0.2) is 24.3 Å². The van der Waals surface area contributed by atoms with Crippen molar-refractivity contribution in [1.82, 2.24) is 10.2 Å². The maximum absolute atomic E-state index is 12.4. The zero-order valence-corrected chi connectivity index (χ0v) is 14.2. The van der Waals surface area contributed by atoms with Gasteiger partial charge in [0.05, 0.1) is 17.2 Å². The Hall–Kier alpha value is -1.94. The van der Waals surface area contributed by atoms with Gasteiger partial charge in [-0.3, -0.25) is 9.89 Å². The summed E-state index contributed by atoms with van der Waals surface area (Å²) in [6.07, 6.45) is 1.38. The Bertz CT molecular complexity index is 728. The van der Waals surface area contributed by atoms with Crippen LogP contribution in [-0.4, -0.2) is 26.7 Å². The summed E-state index contributed by atoms with van der Waals surface area (Å²) < 4.78 is 0. The SMILES string of the molecule is CCc1ccc([C@@H]2c3c(n[nH]c3C)C[C@@](C)(O)[C@@H]2C(C)=O)cc1. The quantitative estimate of drug-likeness (QED) is 0.916. The van der Waals surface area contributed by atoms with E-state index in [1.165, 1.54) is 5.56 Å². The lowest BCUT2D eigenvalue weighted by molar-refractivity contribution is -0.130. The second-order valence-electron chi connectivity index (χ2n) is 6.90. The number of aromatic amines is 1. The molecule has 2 N–H and O–H groups in total. The van der Waals surface area contributed by atoms with E-state index in [1.54, 1.807) is 13.8 Å². The zero-order valence-electron chi connectivity index (χ0n) is 14.2. The molecule has 3 atom stereocenters. The predicted octanol–water partition coefficient (Wildman–Crippen LogP) is 2.92. The summed E-state index contributed by atoms with van der Waals surface area (Å²) in [7, 11) is 0. The van der Waals surface area contributed by atoms with Crippen molar-refractivity contribution in [3.05, 3.63) is 52.3 Å². The smallest absolute Gasteiger partial charge is 0.136 e. The van der Waals surface area contributed by atoms with Gasteiger partial charge in [-0.05, 0) is 38.3 Å². The summed E-state index contributed by atoms with van der Waals surface area (Å²) in [5.41, 5.74) is 4.16. The number of Topliss-reactive ketones (excluding diaryl/α,β-unsaturated/α-hetero) is 1. The molecule has 122 valence electrons. The van der Waals surface area contributed by atoms with Crippen LogP contribution in [0.2, 0.25) is 0 Å². The van der Waals surface area contributed by atoms with Crippen LogP contribution in [0, 0.1) is 12.8 Å². The number of benzene rings is 1. The van der Waals surface area contributed by atoms with Crippen LogP contribution in [-0.2, 0) is 17.6 Å². The number of carbonyl (C=O) groups excluding carboxylic acids is 1. The standard InChI is InChI=1S/C19H24N2O2/c1-5-13-6-8-14(9-7-13)17-16-11(2)20-21-15(16)10-19(4,23)18(17)12(3)22/h6-9,17-18,23H,5,10H2,1-4H3,(H,20,21)/t17-,18-,19-/m1/s1. The highest BCUT2D eigenvalue weighted by Crippen LogP contribution is 2.46. The summed E-state index contributed by atoms with van der Waals surface area (Å²) in [5, 5.41) is 18.3. The van der Waals surface area contributed by atoms with Gasteiger partial charge in [-0.15, -0.1) is 0 Å². The third kappa shape index (κ3) is 2.61. The normalized spacial score (nSPS) is 26.8. The first-order valence-electron chi connectivity index (χ1n) is 8.20. The monoisotopic (exact) mass is 312 g/mol. The van der Waals surface area contributed by atoms with Crippen LogP contribution in [0.3, 0.4) is 0 Å². The lowest BCUT2D eigenvalue weighted by Gasteiger charge is -2.41. The van der Waals surface area contributed by atoms with Gasteiger partial charge >= 0.3 is 0 Å². The van der Waals surface area contributed by atoms with Gasteiger partial charge in [-0.2, -0.15) is 5.10 Å². The van der Waals surface area contributed by atoms with E-state index in [1.807, 2.05) is 6.92 Å². The van der Waals surface area contributed by atoms with Crippen molar-refractivity contribution in [3.63, 3.8) is 0 Å². The van der Waals surface area contributed by atoms with Gasteiger partial charge in [0.2, 0.25) is 0 Å². The molecule has 0 fully saturated rings. The molecule has 0 saturated heterocycles. The fourth-order valence-electron chi connectivity index (χ4n) is 4.00. The van der Waals surface area contributed by atoms with Crippen molar-refractivity contribution < 1.29 is 9.90 Å². The van der Waals surface area contributed by atoms with Crippen molar-refractivity contribution in [2.24, 2.45) is 5.92 Å². The number of fused-ring (bicyclic) bond motifs is 1. The van der Waals surface area contributed by atoms with E-state index in [9.17, 15) is 9.90 Å². The Labute approximate surface area is 136 Å². The molecule has 0 bridgehead atoms. The number of carbonyl (C=O) groups is 1. The molecular formula is C19H24N2O2. The number of hydrogen-bond acceptors (Lipinski definition) is 3. The van der Waals surface area contributed by atoms with E-state index >= 15 is 0 Å². The Morgan fingerprint density at radius 2 is 2.04 bits per heavy atom. The average Bonchev–Trinajstić information content (AvgIpc) is 2.85. The number of H-pyrrole nitrogens is 1. The minimum atomic E-state index is -1.09. The first-order chi connectivity index (χ1) is 10.8. The van der Waals surface area contributed by atoms with Crippen molar-refractivity contribution in [2.45, 2.75) is 52.1 Å².